The van der Waals surface area contributed by atoms with Crippen LogP contribution in [0.5, 0.6) is 11.5 Å². The Labute approximate surface area is 182 Å². The summed E-state index contributed by atoms with van der Waals surface area (Å²) in [5, 5.41) is 0. The summed E-state index contributed by atoms with van der Waals surface area (Å²) in [6.07, 6.45) is 0.293. The van der Waals surface area contributed by atoms with Crippen molar-refractivity contribution in [1.82, 2.24) is 9.80 Å². The van der Waals surface area contributed by atoms with Gasteiger partial charge in [-0.25, -0.2) is 0 Å². The van der Waals surface area contributed by atoms with Crippen LogP contribution in [0, 0.1) is 12.8 Å². The Kier molecular flexibility index (Phi) is 5.18. The van der Waals surface area contributed by atoms with Crippen molar-refractivity contribution in [3.63, 3.8) is 0 Å². The van der Waals surface area contributed by atoms with E-state index in [1.54, 1.807) is 4.90 Å². The van der Waals surface area contributed by atoms with Crippen LogP contribution in [0.3, 0.4) is 0 Å². The van der Waals surface area contributed by atoms with Gasteiger partial charge in [-0.15, -0.1) is 0 Å². The van der Waals surface area contributed by atoms with Gasteiger partial charge in [0.25, 0.3) is 0 Å². The number of carbonyl (C=O) groups excluding carboxylic acids is 2. The molecule has 2 saturated heterocycles. The van der Waals surface area contributed by atoms with Crippen LogP contribution < -0.4 is 14.4 Å². The molecule has 2 amide bonds. The Morgan fingerprint density at radius 3 is 2.65 bits per heavy atom. The smallest absolute Gasteiger partial charge is 0.231 e. The first kappa shape index (κ1) is 19.7. The summed E-state index contributed by atoms with van der Waals surface area (Å²) in [5.41, 5.74) is 3.43. The Bertz CT molecular complexity index is 1000. The molecule has 7 nitrogen and oxygen atoms in total. The van der Waals surface area contributed by atoms with Crippen LogP contribution in [-0.4, -0.2) is 61.1 Å². The Hall–Kier alpha value is -3.22. The molecule has 0 aliphatic carbocycles. The molecule has 3 aliphatic rings. The average molecular weight is 421 g/mol. The van der Waals surface area contributed by atoms with Crippen molar-refractivity contribution in [3.8, 4) is 11.5 Å². The van der Waals surface area contributed by atoms with Gasteiger partial charge in [0.2, 0.25) is 18.6 Å². The quantitative estimate of drug-likeness (QED) is 0.759. The summed E-state index contributed by atoms with van der Waals surface area (Å²) in [7, 11) is 0. The fourth-order valence-electron chi connectivity index (χ4n) is 4.62. The first-order valence-electron chi connectivity index (χ1n) is 10.8. The summed E-state index contributed by atoms with van der Waals surface area (Å²) in [6.45, 7) is 6.31. The minimum absolute atomic E-state index is 0.0365. The number of hydrogen-bond donors (Lipinski definition) is 0. The molecular formula is C24H27N3O4. The molecule has 2 fully saturated rings. The van der Waals surface area contributed by atoms with Gasteiger partial charge in [-0.3, -0.25) is 9.59 Å². The first-order valence-corrected chi connectivity index (χ1v) is 10.8. The summed E-state index contributed by atoms with van der Waals surface area (Å²) in [5.74, 6) is 1.32. The number of aryl methyl sites for hydroxylation is 1. The van der Waals surface area contributed by atoms with Gasteiger partial charge in [0.05, 0.1) is 5.92 Å². The number of carbonyl (C=O) groups is 2. The number of fused-ring (bicyclic) bond motifs is 1. The first-order chi connectivity index (χ1) is 15.1. The molecule has 0 N–H and O–H groups in total. The van der Waals surface area contributed by atoms with Gasteiger partial charge in [-0.1, -0.05) is 18.2 Å². The maximum atomic E-state index is 13.1. The number of rotatable bonds is 4. The van der Waals surface area contributed by atoms with E-state index in [9.17, 15) is 9.59 Å². The second kappa shape index (κ2) is 8.13. The fraction of sp³-hybridized carbons (Fsp3) is 0.417. The molecule has 162 valence electrons. The lowest BCUT2D eigenvalue weighted by Crippen LogP contribution is -2.50. The largest absolute Gasteiger partial charge is 0.454 e. The van der Waals surface area contributed by atoms with Crippen molar-refractivity contribution >= 4 is 17.5 Å². The molecule has 31 heavy (non-hydrogen) atoms. The lowest BCUT2D eigenvalue weighted by Gasteiger charge is -2.37. The molecule has 0 aromatic heterocycles. The molecule has 3 heterocycles. The van der Waals surface area contributed by atoms with Crippen LogP contribution in [0.1, 0.15) is 17.5 Å². The lowest BCUT2D eigenvalue weighted by atomic mass is 10.1. The molecule has 7 heteroatoms. The minimum Gasteiger partial charge on any atom is -0.454 e. The molecule has 2 aromatic carbocycles. The number of ether oxygens (including phenoxy) is 2. The number of nitrogens with zero attached hydrogens (tertiary/aromatic N) is 3. The second-order valence-electron chi connectivity index (χ2n) is 8.51. The molecule has 2 aromatic rings. The Morgan fingerprint density at radius 2 is 1.84 bits per heavy atom. The van der Waals surface area contributed by atoms with Gasteiger partial charge < -0.3 is 24.2 Å². The average Bonchev–Trinajstić information content (AvgIpc) is 3.40. The SMILES string of the molecule is Cc1cccc(N2CCN(C(=O)C3CC(=O)N(Cc4ccc5c(c4)OCO5)C3)CC2)c1. The molecule has 1 unspecified atom stereocenters. The van der Waals surface area contributed by atoms with E-state index in [1.807, 2.05) is 23.1 Å². The van der Waals surface area contributed by atoms with Crippen molar-refractivity contribution in [2.24, 2.45) is 5.92 Å². The second-order valence-corrected chi connectivity index (χ2v) is 8.51. The third kappa shape index (κ3) is 4.04. The van der Waals surface area contributed by atoms with Gasteiger partial charge in [-0.05, 0) is 42.3 Å². The highest BCUT2D eigenvalue weighted by Crippen LogP contribution is 2.33. The molecule has 1 atom stereocenters. The number of amides is 2. The van der Waals surface area contributed by atoms with Crippen LogP contribution in [0.15, 0.2) is 42.5 Å². The number of hydrogen-bond acceptors (Lipinski definition) is 5. The van der Waals surface area contributed by atoms with Gasteiger partial charge in [0, 0.05) is 51.4 Å². The predicted octanol–water partition coefficient (Wildman–Crippen LogP) is 2.42. The zero-order chi connectivity index (χ0) is 21.4. The zero-order valence-corrected chi connectivity index (χ0v) is 17.8. The summed E-state index contributed by atoms with van der Waals surface area (Å²) < 4.78 is 10.8. The Balaban J connectivity index is 1.17. The predicted molar refractivity (Wildman–Crippen MR) is 116 cm³/mol. The van der Waals surface area contributed by atoms with Crippen LogP contribution in [0.4, 0.5) is 5.69 Å². The molecule has 3 aliphatic heterocycles. The molecular weight excluding hydrogens is 394 g/mol. The minimum atomic E-state index is -0.257. The number of benzene rings is 2. The summed E-state index contributed by atoms with van der Waals surface area (Å²) >= 11 is 0. The van der Waals surface area contributed by atoms with E-state index in [-0.39, 0.29) is 24.5 Å². The van der Waals surface area contributed by atoms with Crippen molar-refractivity contribution in [1.29, 1.82) is 0 Å². The standard InChI is InChI=1S/C24H27N3O4/c1-17-3-2-4-20(11-17)25-7-9-26(10-8-25)24(29)19-13-23(28)27(15-19)14-18-5-6-21-22(12-18)31-16-30-21/h2-6,11-12,19H,7-10,13-16H2,1H3. The van der Waals surface area contributed by atoms with Crippen molar-refractivity contribution in [3.05, 3.63) is 53.6 Å². The van der Waals surface area contributed by atoms with Crippen LogP contribution in [0.25, 0.3) is 0 Å². The molecule has 0 bridgehead atoms. The number of anilines is 1. The van der Waals surface area contributed by atoms with Crippen molar-refractivity contribution in [2.45, 2.75) is 19.9 Å². The highest BCUT2D eigenvalue weighted by Gasteiger charge is 2.37. The van der Waals surface area contributed by atoms with E-state index in [1.165, 1.54) is 11.3 Å². The van der Waals surface area contributed by atoms with E-state index in [0.717, 1.165) is 24.4 Å². The van der Waals surface area contributed by atoms with Crippen molar-refractivity contribution in [2.75, 3.05) is 44.4 Å². The van der Waals surface area contributed by atoms with Crippen LogP contribution in [0.2, 0.25) is 0 Å². The third-order valence-electron chi connectivity index (χ3n) is 6.33. The van der Waals surface area contributed by atoms with E-state index in [4.69, 9.17) is 9.47 Å². The van der Waals surface area contributed by atoms with Gasteiger partial charge in [0.15, 0.2) is 11.5 Å². The van der Waals surface area contributed by atoms with E-state index < -0.39 is 0 Å². The molecule has 0 spiro atoms. The highest BCUT2D eigenvalue weighted by molar-refractivity contribution is 5.89. The third-order valence-corrected chi connectivity index (χ3v) is 6.33. The normalized spacial score (nSPS) is 20.5. The maximum absolute atomic E-state index is 13.1. The fourth-order valence-corrected chi connectivity index (χ4v) is 4.62. The van der Waals surface area contributed by atoms with Gasteiger partial charge in [0.1, 0.15) is 0 Å². The van der Waals surface area contributed by atoms with Gasteiger partial charge >= 0.3 is 0 Å². The van der Waals surface area contributed by atoms with E-state index >= 15 is 0 Å². The summed E-state index contributed by atoms with van der Waals surface area (Å²) in [4.78, 5) is 31.7. The van der Waals surface area contributed by atoms with Crippen LogP contribution in [-0.2, 0) is 16.1 Å². The highest BCUT2D eigenvalue weighted by atomic mass is 16.7. The van der Waals surface area contributed by atoms with E-state index in [2.05, 4.69) is 36.1 Å². The van der Waals surface area contributed by atoms with Crippen LogP contribution >= 0.6 is 0 Å². The van der Waals surface area contributed by atoms with Gasteiger partial charge in [-0.2, -0.15) is 0 Å². The Morgan fingerprint density at radius 1 is 1.03 bits per heavy atom. The maximum Gasteiger partial charge on any atom is 0.231 e. The number of piperazine rings is 1. The van der Waals surface area contributed by atoms with Crippen molar-refractivity contribution < 1.29 is 19.1 Å². The molecule has 0 saturated carbocycles. The lowest BCUT2D eigenvalue weighted by molar-refractivity contribution is -0.136. The monoisotopic (exact) mass is 421 g/mol. The molecule has 0 radical (unpaired) electrons. The van der Waals surface area contributed by atoms with E-state index in [0.29, 0.717) is 38.3 Å². The number of likely N-dealkylation sites (tertiary alicyclic amines) is 1. The topological polar surface area (TPSA) is 62.3 Å². The molecule has 5 rings (SSSR count). The summed E-state index contributed by atoms with van der Waals surface area (Å²) in [6, 6.07) is 14.2. The zero-order valence-electron chi connectivity index (χ0n) is 17.8.